The molecule has 0 spiro atoms. The number of unbranched alkanes of at least 4 members (excludes halogenated alkanes) is 1. The topological polar surface area (TPSA) is 48.2 Å². The molecule has 0 amide bonds. The van der Waals surface area contributed by atoms with Crippen molar-refractivity contribution in [2.75, 3.05) is 25.4 Å². The van der Waals surface area contributed by atoms with Crippen LogP contribution in [-0.2, 0) is 0 Å². The van der Waals surface area contributed by atoms with Crippen LogP contribution in [0.2, 0.25) is 0 Å². The molecule has 0 aromatic heterocycles. The quantitative estimate of drug-likeness (QED) is 0.231. The van der Waals surface area contributed by atoms with E-state index >= 15 is 0 Å². The van der Waals surface area contributed by atoms with Crippen molar-refractivity contribution in [1.82, 2.24) is 5.32 Å². The molecule has 12 heavy (non-hydrogen) atoms. The molecule has 0 bridgehead atoms. The Kier molecular flexibility index (Phi) is 10.3. The van der Waals surface area contributed by atoms with Gasteiger partial charge in [-0.15, -0.1) is 0 Å². The molecule has 0 saturated heterocycles. The summed E-state index contributed by atoms with van der Waals surface area (Å²) in [6, 6.07) is 0. The van der Waals surface area contributed by atoms with Gasteiger partial charge in [0.25, 0.3) is 0 Å². The van der Waals surface area contributed by atoms with E-state index in [9.17, 15) is 0 Å². The van der Waals surface area contributed by atoms with Crippen molar-refractivity contribution in [2.24, 2.45) is 5.11 Å². The van der Waals surface area contributed by atoms with E-state index < -0.39 is 0 Å². The number of nitrogens with zero attached hydrogens (tertiary/aromatic N) is 1. The fraction of sp³-hybridized carbons (Fsp3) is 0.750. The van der Waals surface area contributed by atoms with Crippen LogP contribution < -0.4 is 5.32 Å². The summed E-state index contributed by atoms with van der Waals surface area (Å²) in [6.07, 6.45) is 6.22. The zero-order valence-corrected chi connectivity index (χ0v) is 8.19. The SMILES string of the molecule is N=NCCC/C=C/CNCCS. The number of nitrogens with one attached hydrogen (secondary N) is 2. The predicted octanol–water partition coefficient (Wildman–Crippen LogP) is 1.87. The van der Waals surface area contributed by atoms with Crippen LogP contribution in [0.3, 0.4) is 0 Å². The van der Waals surface area contributed by atoms with Gasteiger partial charge in [-0.2, -0.15) is 17.7 Å². The Morgan fingerprint density at radius 2 is 2.25 bits per heavy atom. The highest BCUT2D eigenvalue weighted by molar-refractivity contribution is 7.80. The third-order valence-corrected chi connectivity index (χ3v) is 1.58. The van der Waals surface area contributed by atoms with Crippen LogP contribution in [0, 0.1) is 5.53 Å². The first-order valence-corrected chi connectivity index (χ1v) is 4.85. The molecular weight excluding hydrogens is 170 g/mol. The van der Waals surface area contributed by atoms with Crippen LogP contribution in [-0.4, -0.2) is 25.4 Å². The molecule has 0 heterocycles. The Morgan fingerprint density at radius 1 is 1.42 bits per heavy atom. The van der Waals surface area contributed by atoms with Gasteiger partial charge < -0.3 is 5.32 Å². The molecule has 4 heteroatoms. The zero-order chi connectivity index (χ0) is 9.07. The van der Waals surface area contributed by atoms with Crippen molar-refractivity contribution in [1.29, 1.82) is 5.53 Å². The molecular formula is C8H17N3S. The van der Waals surface area contributed by atoms with E-state index in [0.29, 0.717) is 6.54 Å². The van der Waals surface area contributed by atoms with Gasteiger partial charge in [0.2, 0.25) is 0 Å². The van der Waals surface area contributed by atoms with Crippen molar-refractivity contribution >= 4 is 12.6 Å². The van der Waals surface area contributed by atoms with Crippen LogP contribution in [0.1, 0.15) is 12.8 Å². The third-order valence-electron chi connectivity index (χ3n) is 1.36. The van der Waals surface area contributed by atoms with Gasteiger partial charge in [-0.05, 0) is 12.8 Å². The molecule has 0 fully saturated rings. The number of hydrogen-bond acceptors (Lipinski definition) is 4. The highest BCUT2D eigenvalue weighted by Crippen LogP contribution is 1.90. The Morgan fingerprint density at radius 3 is 2.92 bits per heavy atom. The van der Waals surface area contributed by atoms with Gasteiger partial charge in [-0.3, -0.25) is 0 Å². The summed E-state index contributed by atoms with van der Waals surface area (Å²) in [7, 11) is 0. The second-order valence-electron chi connectivity index (χ2n) is 2.42. The highest BCUT2D eigenvalue weighted by atomic mass is 32.1. The maximum atomic E-state index is 6.55. The Balaban J connectivity index is 2.98. The maximum absolute atomic E-state index is 6.55. The van der Waals surface area contributed by atoms with E-state index in [1.54, 1.807) is 0 Å². The third kappa shape index (κ3) is 9.65. The maximum Gasteiger partial charge on any atom is 0.0599 e. The predicted molar refractivity (Wildman–Crippen MR) is 55.1 cm³/mol. The van der Waals surface area contributed by atoms with E-state index in [-0.39, 0.29) is 0 Å². The van der Waals surface area contributed by atoms with Crippen molar-refractivity contribution in [3.05, 3.63) is 12.2 Å². The number of thiol groups is 1. The first-order valence-electron chi connectivity index (χ1n) is 4.21. The van der Waals surface area contributed by atoms with Crippen molar-refractivity contribution in [2.45, 2.75) is 12.8 Å². The molecule has 0 unspecified atom stereocenters. The Bertz CT molecular complexity index is 125. The lowest BCUT2D eigenvalue weighted by Crippen LogP contribution is -2.15. The van der Waals surface area contributed by atoms with Gasteiger partial charge in [0.15, 0.2) is 0 Å². The molecule has 0 atom stereocenters. The van der Waals surface area contributed by atoms with Crippen LogP contribution in [0.25, 0.3) is 0 Å². The number of allylic oxidation sites excluding steroid dienone is 1. The summed E-state index contributed by atoms with van der Waals surface area (Å²) in [6.45, 7) is 2.52. The number of hydrogen-bond donors (Lipinski definition) is 3. The Labute approximate surface area is 79.5 Å². The standard InChI is InChI=1S/C8H17N3S/c9-11-6-4-2-1-3-5-10-7-8-12/h1,3,9-10,12H,2,4-8H2/b3-1+,11-9?. The van der Waals surface area contributed by atoms with Crippen LogP contribution in [0.4, 0.5) is 0 Å². The lowest BCUT2D eigenvalue weighted by Gasteiger charge is -1.95. The largest absolute Gasteiger partial charge is 0.312 e. The number of rotatable bonds is 8. The van der Waals surface area contributed by atoms with Crippen LogP contribution in [0.15, 0.2) is 17.3 Å². The van der Waals surface area contributed by atoms with E-state index in [2.05, 4.69) is 35.2 Å². The van der Waals surface area contributed by atoms with Gasteiger partial charge in [-0.25, -0.2) is 5.53 Å². The molecule has 3 nitrogen and oxygen atoms in total. The first kappa shape index (κ1) is 11.6. The van der Waals surface area contributed by atoms with E-state index in [4.69, 9.17) is 5.53 Å². The normalized spacial score (nSPS) is 10.8. The highest BCUT2D eigenvalue weighted by Gasteiger charge is 1.81. The molecule has 0 aliphatic rings. The molecule has 0 rings (SSSR count). The minimum absolute atomic E-state index is 0.647. The second-order valence-corrected chi connectivity index (χ2v) is 2.87. The lowest BCUT2D eigenvalue weighted by atomic mass is 10.3. The minimum Gasteiger partial charge on any atom is -0.312 e. The summed E-state index contributed by atoms with van der Waals surface area (Å²) in [5, 5.41) is 6.48. The average Bonchev–Trinajstić information content (AvgIpc) is 2.10. The minimum atomic E-state index is 0.647. The monoisotopic (exact) mass is 187 g/mol. The Hall–Kier alpha value is -0.350. The van der Waals surface area contributed by atoms with E-state index in [1.807, 2.05) is 0 Å². The van der Waals surface area contributed by atoms with E-state index in [0.717, 1.165) is 31.7 Å². The summed E-state index contributed by atoms with van der Waals surface area (Å²) in [4.78, 5) is 0. The van der Waals surface area contributed by atoms with Gasteiger partial charge in [0.05, 0.1) is 6.54 Å². The summed E-state index contributed by atoms with van der Waals surface area (Å²) in [5.41, 5.74) is 6.55. The van der Waals surface area contributed by atoms with Crippen molar-refractivity contribution in [3.8, 4) is 0 Å². The van der Waals surface area contributed by atoms with Gasteiger partial charge in [0.1, 0.15) is 0 Å². The van der Waals surface area contributed by atoms with Crippen LogP contribution >= 0.6 is 12.6 Å². The molecule has 0 radical (unpaired) electrons. The van der Waals surface area contributed by atoms with Crippen LogP contribution in [0.5, 0.6) is 0 Å². The van der Waals surface area contributed by atoms with Gasteiger partial charge in [0, 0.05) is 18.8 Å². The summed E-state index contributed by atoms with van der Waals surface area (Å²) in [5.74, 6) is 0.881. The molecule has 0 aromatic rings. The second kappa shape index (κ2) is 10.7. The van der Waals surface area contributed by atoms with Gasteiger partial charge >= 0.3 is 0 Å². The molecule has 0 saturated carbocycles. The fourth-order valence-corrected chi connectivity index (χ4v) is 0.912. The zero-order valence-electron chi connectivity index (χ0n) is 7.29. The molecule has 2 N–H and O–H groups in total. The first-order chi connectivity index (χ1) is 5.91. The smallest absolute Gasteiger partial charge is 0.0599 e. The van der Waals surface area contributed by atoms with Crippen molar-refractivity contribution < 1.29 is 0 Å². The van der Waals surface area contributed by atoms with E-state index in [1.165, 1.54) is 0 Å². The van der Waals surface area contributed by atoms with Gasteiger partial charge in [-0.1, -0.05) is 12.2 Å². The molecule has 70 valence electrons. The fourth-order valence-electron chi connectivity index (χ4n) is 0.754. The lowest BCUT2D eigenvalue weighted by molar-refractivity contribution is 0.783. The molecule has 0 aliphatic carbocycles. The summed E-state index contributed by atoms with van der Waals surface area (Å²) >= 11 is 4.07. The summed E-state index contributed by atoms with van der Waals surface area (Å²) < 4.78 is 0. The van der Waals surface area contributed by atoms with Crippen molar-refractivity contribution in [3.63, 3.8) is 0 Å². The average molecular weight is 187 g/mol. The molecule has 0 aromatic carbocycles. The molecule has 0 aliphatic heterocycles.